The Balaban J connectivity index is 1.95. The zero-order chi connectivity index (χ0) is 20.1. The number of nitrogens with one attached hydrogen (secondary N) is 1. The predicted octanol–water partition coefficient (Wildman–Crippen LogP) is 5.84. The van der Waals surface area contributed by atoms with Gasteiger partial charge in [0.1, 0.15) is 17.4 Å². The zero-order valence-corrected chi connectivity index (χ0v) is 17.1. The van der Waals surface area contributed by atoms with Crippen molar-refractivity contribution in [2.24, 2.45) is 0 Å². The van der Waals surface area contributed by atoms with Gasteiger partial charge in [0.25, 0.3) is 5.56 Å². The Kier molecular flexibility index (Phi) is 6.05. The molecular weight excluding hydrogens is 370 g/mol. The lowest BCUT2D eigenvalue weighted by Crippen LogP contribution is -2.11. The maximum atomic E-state index is 12.0. The highest BCUT2D eigenvalue weighted by Crippen LogP contribution is 2.27. The van der Waals surface area contributed by atoms with Gasteiger partial charge in [-0.25, -0.2) is 0 Å². The monoisotopic (exact) mass is 393 g/mol. The molecule has 0 fully saturated rings. The number of hydrogen-bond donors (Lipinski definition) is 1. The smallest absolute Gasteiger partial charge is 0.267 e. The van der Waals surface area contributed by atoms with Crippen molar-refractivity contribution in [3.8, 4) is 5.75 Å². The van der Waals surface area contributed by atoms with Crippen LogP contribution in [-0.4, -0.2) is 11.6 Å². The van der Waals surface area contributed by atoms with Crippen LogP contribution in [0.4, 0.5) is 0 Å². The highest BCUT2D eigenvalue weighted by molar-refractivity contribution is 6.30. The highest BCUT2D eigenvalue weighted by atomic mass is 35.5. The van der Waals surface area contributed by atoms with Crippen molar-refractivity contribution >= 4 is 17.2 Å². The molecule has 3 rings (SSSR count). The van der Waals surface area contributed by atoms with Crippen LogP contribution in [0.3, 0.4) is 0 Å². The number of ether oxygens (including phenoxy) is 1. The van der Waals surface area contributed by atoms with Gasteiger partial charge in [0.15, 0.2) is 0 Å². The third kappa shape index (κ3) is 4.93. The summed E-state index contributed by atoms with van der Waals surface area (Å²) in [6.07, 6.45) is 1.97. The van der Waals surface area contributed by atoms with Crippen LogP contribution >= 0.6 is 11.6 Å². The van der Waals surface area contributed by atoms with Crippen LogP contribution in [0.25, 0.3) is 5.57 Å². The molecule has 0 aliphatic rings. The third-order valence-corrected chi connectivity index (χ3v) is 4.79. The lowest BCUT2D eigenvalue weighted by atomic mass is 9.86. The second-order valence-electron chi connectivity index (χ2n) is 7.62. The Hall–Kier alpha value is -2.78. The molecule has 0 saturated carbocycles. The van der Waals surface area contributed by atoms with Crippen molar-refractivity contribution in [2.45, 2.75) is 26.2 Å². The Morgan fingerprint density at radius 2 is 1.68 bits per heavy atom. The first-order valence-electron chi connectivity index (χ1n) is 9.23. The van der Waals surface area contributed by atoms with Crippen molar-refractivity contribution in [1.29, 1.82) is 0 Å². The normalized spacial score (nSPS) is 12.1. The molecule has 0 atom stereocenters. The first-order chi connectivity index (χ1) is 13.3. The van der Waals surface area contributed by atoms with E-state index in [1.165, 1.54) is 5.56 Å². The third-order valence-electron chi connectivity index (χ3n) is 4.49. The van der Waals surface area contributed by atoms with Gasteiger partial charge in [-0.3, -0.25) is 4.79 Å². The van der Waals surface area contributed by atoms with Gasteiger partial charge in [0, 0.05) is 11.3 Å². The van der Waals surface area contributed by atoms with E-state index in [0.29, 0.717) is 12.3 Å². The average molecular weight is 394 g/mol. The molecule has 0 spiro atoms. The minimum atomic E-state index is -0.305. The molecule has 0 bridgehead atoms. The van der Waals surface area contributed by atoms with E-state index < -0.39 is 0 Å². The van der Waals surface area contributed by atoms with Crippen LogP contribution in [0.5, 0.6) is 5.75 Å². The number of hydrogen-bond acceptors (Lipinski definition) is 2. The first kappa shape index (κ1) is 20.0. The minimum Gasteiger partial charge on any atom is -0.490 e. The van der Waals surface area contributed by atoms with E-state index in [2.05, 4.69) is 50.0 Å². The molecule has 0 radical (unpaired) electrons. The summed E-state index contributed by atoms with van der Waals surface area (Å²) in [5, 5.41) is 0.173. The van der Waals surface area contributed by atoms with Crippen LogP contribution in [-0.2, 0) is 5.41 Å². The van der Waals surface area contributed by atoms with Gasteiger partial charge in [-0.2, -0.15) is 0 Å². The zero-order valence-electron chi connectivity index (χ0n) is 16.3. The Labute approximate surface area is 170 Å². The van der Waals surface area contributed by atoms with Crippen molar-refractivity contribution < 1.29 is 4.74 Å². The van der Waals surface area contributed by atoms with Crippen LogP contribution in [0.2, 0.25) is 5.02 Å². The van der Waals surface area contributed by atoms with E-state index in [1.807, 2.05) is 42.5 Å². The quantitative estimate of drug-likeness (QED) is 0.591. The maximum Gasteiger partial charge on any atom is 0.267 e. The molecule has 3 aromatic rings. The number of rotatable bonds is 5. The second-order valence-corrected chi connectivity index (χ2v) is 8.03. The Bertz CT molecular complexity index is 1010. The molecule has 3 nitrogen and oxygen atoms in total. The maximum absolute atomic E-state index is 12.0. The van der Waals surface area contributed by atoms with Crippen LogP contribution in [0.1, 0.15) is 37.6 Å². The number of benzene rings is 2. The SMILES string of the molecule is CC(C)(C)c1ccc(/C(=C\COc2ccccc2)c2ccc(Cl)c(=O)[nH]2)cc1. The minimum absolute atomic E-state index is 0.0768. The summed E-state index contributed by atoms with van der Waals surface area (Å²) < 4.78 is 5.82. The summed E-state index contributed by atoms with van der Waals surface area (Å²) in [6, 6.07) is 21.5. The van der Waals surface area contributed by atoms with E-state index in [-0.39, 0.29) is 16.0 Å². The molecule has 144 valence electrons. The molecule has 28 heavy (non-hydrogen) atoms. The van der Waals surface area contributed by atoms with E-state index in [1.54, 1.807) is 6.07 Å². The number of para-hydroxylation sites is 1. The molecule has 1 aromatic heterocycles. The summed E-state index contributed by atoms with van der Waals surface area (Å²) in [4.78, 5) is 14.9. The topological polar surface area (TPSA) is 42.1 Å². The largest absolute Gasteiger partial charge is 0.490 e. The summed E-state index contributed by atoms with van der Waals surface area (Å²) in [5.41, 5.74) is 3.62. The fourth-order valence-corrected chi connectivity index (χ4v) is 2.99. The number of H-pyrrole nitrogens is 1. The van der Waals surface area contributed by atoms with Gasteiger partial charge in [0.2, 0.25) is 0 Å². The number of aromatic amines is 1. The molecular formula is C24H24ClNO2. The van der Waals surface area contributed by atoms with Gasteiger partial charge in [-0.1, -0.05) is 74.8 Å². The molecule has 0 amide bonds. The van der Waals surface area contributed by atoms with Crippen molar-refractivity contribution in [1.82, 2.24) is 4.98 Å². The molecule has 0 aliphatic carbocycles. The van der Waals surface area contributed by atoms with E-state index in [9.17, 15) is 4.79 Å². The van der Waals surface area contributed by atoms with Gasteiger partial charge < -0.3 is 9.72 Å². The Morgan fingerprint density at radius 1 is 1.00 bits per heavy atom. The van der Waals surface area contributed by atoms with E-state index in [0.717, 1.165) is 16.9 Å². The fourth-order valence-electron chi connectivity index (χ4n) is 2.88. The fraction of sp³-hybridized carbons (Fsp3) is 0.208. The summed E-state index contributed by atoms with van der Waals surface area (Å²) >= 11 is 5.90. The predicted molar refractivity (Wildman–Crippen MR) is 116 cm³/mol. The van der Waals surface area contributed by atoms with Crippen LogP contribution < -0.4 is 10.3 Å². The number of pyridine rings is 1. The van der Waals surface area contributed by atoms with Crippen LogP contribution in [0, 0.1) is 0 Å². The van der Waals surface area contributed by atoms with Gasteiger partial charge in [-0.05, 0) is 46.9 Å². The molecule has 0 aliphatic heterocycles. The average Bonchev–Trinajstić information content (AvgIpc) is 2.68. The lowest BCUT2D eigenvalue weighted by Gasteiger charge is -2.19. The molecule has 0 saturated heterocycles. The number of halogens is 1. The summed E-state index contributed by atoms with van der Waals surface area (Å²) in [6.45, 7) is 6.93. The number of aromatic nitrogens is 1. The highest BCUT2D eigenvalue weighted by Gasteiger charge is 2.14. The lowest BCUT2D eigenvalue weighted by molar-refractivity contribution is 0.363. The van der Waals surface area contributed by atoms with Gasteiger partial charge >= 0.3 is 0 Å². The van der Waals surface area contributed by atoms with Crippen molar-refractivity contribution in [2.75, 3.05) is 6.61 Å². The van der Waals surface area contributed by atoms with Gasteiger partial charge in [-0.15, -0.1) is 0 Å². The van der Waals surface area contributed by atoms with E-state index in [4.69, 9.17) is 16.3 Å². The molecule has 4 heteroatoms. The second kappa shape index (κ2) is 8.49. The molecule has 1 N–H and O–H groups in total. The van der Waals surface area contributed by atoms with Crippen LogP contribution in [0.15, 0.2) is 77.6 Å². The molecule has 2 aromatic carbocycles. The standard InChI is InChI=1S/C24H24ClNO2/c1-24(2,3)18-11-9-17(10-12-18)20(22-14-13-21(25)23(27)26-22)15-16-28-19-7-5-4-6-8-19/h4-15H,16H2,1-3H3,(H,26,27)/b20-15+. The van der Waals surface area contributed by atoms with Gasteiger partial charge in [0.05, 0.1) is 0 Å². The van der Waals surface area contributed by atoms with Crippen molar-refractivity contribution in [3.63, 3.8) is 0 Å². The summed E-state index contributed by atoms with van der Waals surface area (Å²) in [5.74, 6) is 0.797. The molecule has 1 heterocycles. The molecule has 0 unspecified atom stereocenters. The van der Waals surface area contributed by atoms with E-state index >= 15 is 0 Å². The first-order valence-corrected chi connectivity index (χ1v) is 9.60. The summed E-state index contributed by atoms with van der Waals surface area (Å²) in [7, 11) is 0. The Morgan fingerprint density at radius 3 is 2.29 bits per heavy atom. The van der Waals surface area contributed by atoms with Crippen molar-refractivity contribution in [3.05, 3.63) is 105 Å².